The van der Waals surface area contributed by atoms with Crippen LogP contribution in [0.2, 0.25) is 0 Å². The molecule has 0 spiro atoms. The minimum Gasteiger partial charge on any atom is -0.481 e. The number of esters is 1. The molecule has 0 aromatic carbocycles. The van der Waals surface area contributed by atoms with E-state index in [9.17, 15) is 9.59 Å². The minimum atomic E-state index is -0.888. The van der Waals surface area contributed by atoms with Gasteiger partial charge >= 0.3 is 11.9 Å². The fourth-order valence-electron chi connectivity index (χ4n) is 2.38. The Morgan fingerprint density at radius 2 is 2.06 bits per heavy atom. The van der Waals surface area contributed by atoms with E-state index in [1.165, 1.54) is 0 Å². The summed E-state index contributed by atoms with van der Waals surface area (Å²) in [5.41, 5.74) is 0. The summed E-state index contributed by atoms with van der Waals surface area (Å²) < 4.78 is 10.0. The van der Waals surface area contributed by atoms with Crippen LogP contribution in [0.3, 0.4) is 0 Å². The zero-order valence-corrected chi connectivity index (χ0v) is 9.93. The van der Waals surface area contributed by atoms with Crippen LogP contribution in [0.1, 0.15) is 26.2 Å². The summed E-state index contributed by atoms with van der Waals surface area (Å²) in [7, 11) is 0. The first-order chi connectivity index (χ1) is 8.08. The topological polar surface area (TPSA) is 76.1 Å². The molecule has 4 atom stereocenters. The van der Waals surface area contributed by atoms with Crippen molar-refractivity contribution in [3.63, 3.8) is 0 Å². The lowest BCUT2D eigenvalue weighted by Crippen LogP contribution is -2.36. The number of carbonyl (C=O) groups is 2. The number of epoxide rings is 1. The van der Waals surface area contributed by atoms with E-state index < -0.39 is 17.8 Å². The molecule has 0 aromatic heterocycles. The SMILES string of the molecule is CC1CCC(C(=O)OCC2CO2)C(C(=O)O)C1. The molecule has 1 N–H and O–H groups in total. The second kappa shape index (κ2) is 5.04. The Morgan fingerprint density at radius 3 is 2.65 bits per heavy atom. The van der Waals surface area contributed by atoms with Crippen molar-refractivity contribution in [2.45, 2.75) is 32.3 Å². The number of carboxylic acid groups (broad SMARTS) is 1. The predicted octanol–water partition coefficient (Wildman–Crippen LogP) is 1.07. The van der Waals surface area contributed by atoms with Crippen molar-refractivity contribution >= 4 is 11.9 Å². The molecule has 1 saturated heterocycles. The van der Waals surface area contributed by atoms with E-state index in [-0.39, 0.29) is 18.7 Å². The van der Waals surface area contributed by atoms with Gasteiger partial charge in [0.25, 0.3) is 0 Å². The zero-order chi connectivity index (χ0) is 12.4. The van der Waals surface area contributed by atoms with Gasteiger partial charge in [-0.25, -0.2) is 0 Å². The molecule has 4 unspecified atom stereocenters. The summed E-state index contributed by atoms with van der Waals surface area (Å²) in [5.74, 6) is -1.97. The smallest absolute Gasteiger partial charge is 0.309 e. The second-order valence-corrected chi connectivity index (χ2v) is 5.05. The van der Waals surface area contributed by atoms with Gasteiger partial charge in [0.15, 0.2) is 0 Å². The van der Waals surface area contributed by atoms with Gasteiger partial charge in [-0.2, -0.15) is 0 Å². The third kappa shape index (κ3) is 3.19. The predicted molar refractivity (Wildman–Crippen MR) is 58.3 cm³/mol. The van der Waals surface area contributed by atoms with Crippen molar-refractivity contribution in [3.8, 4) is 0 Å². The number of aliphatic carboxylic acids is 1. The number of ether oxygens (including phenoxy) is 2. The summed E-state index contributed by atoms with van der Waals surface area (Å²) >= 11 is 0. The quantitative estimate of drug-likeness (QED) is 0.589. The number of carbonyl (C=O) groups excluding carboxylic acids is 1. The van der Waals surface area contributed by atoms with Crippen LogP contribution in [0.25, 0.3) is 0 Å². The van der Waals surface area contributed by atoms with E-state index in [0.717, 1.165) is 6.42 Å². The Hall–Kier alpha value is -1.10. The van der Waals surface area contributed by atoms with Gasteiger partial charge in [0.05, 0.1) is 18.4 Å². The van der Waals surface area contributed by atoms with Gasteiger partial charge < -0.3 is 14.6 Å². The van der Waals surface area contributed by atoms with Gasteiger partial charge in [0.1, 0.15) is 12.7 Å². The number of rotatable bonds is 4. The molecular formula is C12H18O5. The van der Waals surface area contributed by atoms with Gasteiger partial charge in [-0.1, -0.05) is 6.92 Å². The molecule has 2 rings (SSSR count). The summed E-state index contributed by atoms with van der Waals surface area (Å²) in [5, 5.41) is 9.13. The van der Waals surface area contributed by atoms with E-state index in [4.69, 9.17) is 14.6 Å². The van der Waals surface area contributed by atoms with Crippen molar-refractivity contribution in [2.75, 3.05) is 13.2 Å². The van der Waals surface area contributed by atoms with Crippen LogP contribution in [-0.4, -0.2) is 36.4 Å². The van der Waals surface area contributed by atoms with E-state index >= 15 is 0 Å². The van der Waals surface area contributed by atoms with Gasteiger partial charge in [0, 0.05) is 0 Å². The largest absolute Gasteiger partial charge is 0.481 e. The molecule has 1 saturated carbocycles. The summed E-state index contributed by atoms with van der Waals surface area (Å²) in [4.78, 5) is 22.9. The fraction of sp³-hybridized carbons (Fsp3) is 0.833. The lowest BCUT2D eigenvalue weighted by Gasteiger charge is -2.30. The van der Waals surface area contributed by atoms with Crippen LogP contribution in [-0.2, 0) is 19.1 Å². The van der Waals surface area contributed by atoms with Crippen molar-refractivity contribution in [2.24, 2.45) is 17.8 Å². The molecule has 2 fully saturated rings. The Bertz CT molecular complexity index is 310. The molecule has 0 radical (unpaired) electrons. The molecule has 5 nitrogen and oxygen atoms in total. The standard InChI is InChI=1S/C12H18O5/c1-7-2-3-9(10(4-7)11(13)14)12(15)17-6-8-5-16-8/h7-10H,2-6H2,1H3,(H,13,14). The van der Waals surface area contributed by atoms with E-state index in [1.54, 1.807) is 0 Å². The average Bonchev–Trinajstić information content (AvgIpc) is 3.09. The maximum Gasteiger partial charge on any atom is 0.309 e. The van der Waals surface area contributed by atoms with Crippen LogP contribution < -0.4 is 0 Å². The van der Waals surface area contributed by atoms with Crippen LogP contribution in [0, 0.1) is 17.8 Å². The number of hydrogen-bond donors (Lipinski definition) is 1. The molecular weight excluding hydrogens is 224 g/mol. The lowest BCUT2D eigenvalue weighted by molar-refractivity contribution is -0.160. The fourth-order valence-corrected chi connectivity index (χ4v) is 2.38. The van der Waals surface area contributed by atoms with Gasteiger partial charge in [-0.3, -0.25) is 9.59 Å². The highest BCUT2D eigenvalue weighted by atomic mass is 16.6. The molecule has 1 aliphatic carbocycles. The first-order valence-corrected chi connectivity index (χ1v) is 6.09. The van der Waals surface area contributed by atoms with Gasteiger partial charge in [-0.15, -0.1) is 0 Å². The van der Waals surface area contributed by atoms with E-state index in [0.29, 0.717) is 25.4 Å². The third-order valence-corrected chi connectivity index (χ3v) is 3.55. The molecule has 1 heterocycles. The minimum absolute atomic E-state index is 0.0322. The summed E-state index contributed by atoms with van der Waals surface area (Å²) in [6, 6.07) is 0. The highest BCUT2D eigenvalue weighted by Crippen LogP contribution is 2.34. The van der Waals surface area contributed by atoms with Crippen molar-refractivity contribution in [3.05, 3.63) is 0 Å². The molecule has 0 aromatic rings. The highest BCUT2D eigenvalue weighted by molar-refractivity contribution is 5.81. The van der Waals surface area contributed by atoms with Crippen molar-refractivity contribution in [1.82, 2.24) is 0 Å². The Labute approximate surface area is 100 Å². The maximum atomic E-state index is 11.8. The summed E-state index contributed by atoms with van der Waals surface area (Å²) in [6.45, 7) is 2.92. The highest BCUT2D eigenvalue weighted by Gasteiger charge is 2.39. The Balaban J connectivity index is 1.90. The first kappa shape index (κ1) is 12.4. The van der Waals surface area contributed by atoms with Gasteiger partial charge in [0.2, 0.25) is 0 Å². The van der Waals surface area contributed by atoms with Crippen molar-refractivity contribution < 1.29 is 24.2 Å². The first-order valence-electron chi connectivity index (χ1n) is 6.09. The number of carboxylic acids is 1. The van der Waals surface area contributed by atoms with Crippen LogP contribution in [0.4, 0.5) is 0 Å². The van der Waals surface area contributed by atoms with Crippen LogP contribution >= 0.6 is 0 Å². The lowest BCUT2D eigenvalue weighted by atomic mass is 9.74. The molecule has 0 amide bonds. The average molecular weight is 242 g/mol. The van der Waals surface area contributed by atoms with Crippen molar-refractivity contribution in [1.29, 1.82) is 0 Å². The maximum absolute atomic E-state index is 11.8. The summed E-state index contributed by atoms with van der Waals surface area (Å²) in [6.07, 6.45) is 2.10. The monoisotopic (exact) mass is 242 g/mol. The van der Waals surface area contributed by atoms with E-state index in [1.807, 2.05) is 6.92 Å². The van der Waals surface area contributed by atoms with Gasteiger partial charge in [-0.05, 0) is 25.2 Å². The second-order valence-electron chi connectivity index (χ2n) is 5.05. The molecule has 5 heteroatoms. The molecule has 2 aliphatic rings. The normalized spacial score (nSPS) is 36.3. The van der Waals surface area contributed by atoms with E-state index in [2.05, 4.69) is 0 Å². The third-order valence-electron chi connectivity index (χ3n) is 3.55. The molecule has 1 aliphatic heterocycles. The Kier molecular flexibility index (Phi) is 3.66. The molecule has 17 heavy (non-hydrogen) atoms. The molecule has 96 valence electrons. The van der Waals surface area contributed by atoms with Crippen LogP contribution in [0.5, 0.6) is 0 Å². The Morgan fingerprint density at radius 1 is 1.35 bits per heavy atom. The number of hydrogen-bond acceptors (Lipinski definition) is 4. The zero-order valence-electron chi connectivity index (χ0n) is 9.93. The van der Waals surface area contributed by atoms with Crippen LogP contribution in [0.15, 0.2) is 0 Å². The molecule has 0 bridgehead atoms.